The number of sulfonamides is 1. The molecule has 25 heavy (non-hydrogen) atoms. The predicted molar refractivity (Wildman–Crippen MR) is 99.2 cm³/mol. The summed E-state index contributed by atoms with van der Waals surface area (Å²) in [5.41, 5.74) is 0.648. The normalized spacial score (nSPS) is 21.5. The molecule has 1 atom stereocenters. The Morgan fingerprint density at radius 2 is 1.88 bits per heavy atom. The lowest BCUT2D eigenvalue weighted by Gasteiger charge is -2.27. The summed E-state index contributed by atoms with van der Waals surface area (Å²) in [6.45, 7) is 2.25. The maximum Gasteiger partial charge on any atom is 0.243 e. The molecular weight excluding hydrogens is 362 g/mol. The van der Waals surface area contributed by atoms with Gasteiger partial charge >= 0.3 is 0 Å². The van der Waals surface area contributed by atoms with Gasteiger partial charge in [0.25, 0.3) is 0 Å². The van der Waals surface area contributed by atoms with E-state index in [-0.39, 0.29) is 30.9 Å². The maximum absolute atomic E-state index is 12.9. The summed E-state index contributed by atoms with van der Waals surface area (Å²) in [4.78, 5) is 12.5. The fraction of sp³-hybridized carbons (Fsp3) is 0.588. The van der Waals surface area contributed by atoms with Gasteiger partial charge in [0.05, 0.1) is 10.9 Å². The van der Waals surface area contributed by atoms with Crippen molar-refractivity contribution in [2.75, 3.05) is 19.6 Å². The number of rotatable bonds is 5. The quantitative estimate of drug-likeness (QED) is 0.805. The highest BCUT2D eigenvalue weighted by Crippen LogP contribution is 2.23. The van der Waals surface area contributed by atoms with Gasteiger partial charge in [-0.1, -0.05) is 24.6 Å². The van der Waals surface area contributed by atoms with Crippen molar-refractivity contribution < 1.29 is 13.2 Å². The Hall–Kier alpha value is -1.15. The minimum Gasteiger partial charge on any atom is -0.351 e. The first-order chi connectivity index (χ1) is 11.6. The first-order valence-corrected chi connectivity index (χ1v) is 10.1. The van der Waals surface area contributed by atoms with Gasteiger partial charge in [0, 0.05) is 19.6 Å². The van der Waals surface area contributed by atoms with Crippen LogP contribution in [0, 0.1) is 0 Å². The Balaban J connectivity index is 0.00000225. The smallest absolute Gasteiger partial charge is 0.243 e. The van der Waals surface area contributed by atoms with Gasteiger partial charge in [-0.05, 0) is 43.9 Å². The van der Waals surface area contributed by atoms with E-state index in [0.29, 0.717) is 23.5 Å². The van der Waals surface area contributed by atoms with Crippen molar-refractivity contribution in [1.82, 2.24) is 14.9 Å². The average Bonchev–Trinajstić information content (AvgIpc) is 3.15. The van der Waals surface area contributed by atoms with Crippen LogP contribution in [-0.2, 0) is 21.4 Å². The molecule has 2 aliphatic heterocycles. The molecule has 6 nitrogen and oxygen atoms in total. The largest absolute Gasteiger partial charge is 0.351 e. The first-order valence-electron chi connectivity index (χ1n) is 8.68. The third-order valence-corrected chi connectivity index (χ3v) is 6.73. The standard InChI is InChI=1S/C17H25N3O3S.ClH/c21-17(15-8-6-10-18-15)19-13-14-7-2-3-9-16(14)24(22,23)20-11-4-1-5-12-20;/h2-3,7,9,15,18H,1,4-6,8,10-13H2,(H,19,21);1H. The van der Waals surface area contributed by atoms with Crippen molar-refractivity contribution in [3.05, 3.63) is 29.8 Å². The Labute approximate surface area is 155 Å². The van der Waals surface area contributed by atoms with Crippen LogP contribution >= 0.6 is 12.4 Å². The number of amides is 1. The van der Waals surface area contributed by atoms with Gasteiger partial charge in [0.1, 0.15) is 0 Å². The molecule has 0 bridgehead atoms. The predicted octanol–water partition coefficient (Wildman–Crippen LogP) is 1.65. The molecule has 3 rings (SSSR count). The van der Waals surface area contributed by atoms with Gasteiger partial charge in [0.2, 0.25) is 15.9 Å². The first kappa shape index (κ1) is 20.2. The number of nitrogens with one attached hydrogen (secondary N) is 2. The lowest BCUT2D eigenvalue weighted by atomic mass is 10.2. The molecule has 0 aromatic heterocycles. The van der Waals surface area contributed by atoms with Crippen LogP contribution in [-0.4, -0.2) is 44.3 Å². The van der Waals surface area contributed by atoms with E-state index >= 15 is 0 Å². The number of hydrogen-bond acceptors (Lipinski definition) is 4. The SMILES string of the molecule is Cl.O=C(NCc1ccccc1S(=O)(=O)N1CCCCC1)C1CCCN1. The van der Waals surface area contributed by atoms with Crippen LogP contribution in [0.15, 0.2) is 29.2 Å². The van der Waals surface area contributed by atoms with Crippen molar-refractivity contribution >= 4 is 28.3 Å². The molecular formula is C17H26ClN3O3S. The number of carbonyl (C=O) groups is 1. The van der Waals surface area contributed by atoms with E-state index in [1.54, 1.807) is 22.5 Å². The van der Waals surface area contributed by atoms with E-state index in [0.717, 1.165) is 38.6 Å². The van der Waals surface area contributed by atoms with Crippen molar-refractivity contribution in [2.24, 2.45) is 0 Å². The summed E-state index contributed by atoms with van der Waals surface area (Å²) >= 11 is 0. The Kier molecular flexibility index (Phi) is 7.25. The third-order valence-electron chi connectivity index (χ3n) is 4.74. The summed E-state index contributed by atoms with van der Waals surface area (Å²) in [6.07, 6.45) is 4.73. The van der Waals surface area contributed by atoms with Crippen molar-refractivity contribution in [1.29, 1.82) is 0 Å². The van der Waals surface area contributed by atoms with E-state index < -0.39 is 10.0 Å². The molecule has 2 N–H and O–H groups in total. The number of benzene rings is 1. The molecule has 2 saturated heterocycles. The molecule has 1 amide bonds. The van der Waals surface area contributed by atoms with E-state index in [1.165, 1.54) is 0 Å². The summed E-state index contributed by atoms with van der Waals surface area (Å²) in [6, 6.07) is 6.81. The monoisotopic (exact) mass is 387 g/mol. The number of hydrogen-bond donors (Lipinski definition) is 2. The second-order valence-electron chi connectivity index (χ2n) is 6.44. The molecule has 2 fully saturated rings. The molecule has 8 heteroatoms. The molecule has 1 unspecified atom stereocenters. The molecule has 0 radical (unpaired) electrons. The molecule has 2 heterocycles. The van der Waals surface area contributed by atoms with Crippen LogP contribution in [0.4, 0.5) is 0 Å². The van der Waals surface area contributed by atoms with Crippen molar-refractivity contribution in [3.63, 3.8) is 0 Å². The lowest BCUT2D eigenvalue weighted by molar-refractivity contribution is -0.122. The Morgan fingerprint density at radius 3 is 2.56 bits per heavy atom. The topological polar surface area (TPSA) is 78.5 Å². The van der Waals surface area contributed by atoms with E-state index in [9.17, 15) is 13.2 Å². The minimum atomic E-state index is -3.49. The second-order valence-corrected chi connectivity index (χ2v) is 8.35. The Bertz CT molecular complexity index is 684. The van der Waals surface area contributed by atoms with Gasteiger partial charge in [-0.15, -0.1) is 12.4 Å². The zero-order valence-electron chi connectivity index (χ0n) is 14.2. The van der Waals surface area contributed by atoms with Crippen LogP contribution in [0.2, 0.25) is 0 Å². The fourth-order valence-corrected chi connectivity index (χ4v) is 5.10. The summed E-state index contributed by atoms with van der Waals surface area (Å²) < 4.78 is 27.4. The van der Waals surface area contributed by atoms with Crippen molar-refractivity contribution in [2.45, 2.75) is 49.6 Å². The van der Waals surface area contributed by atoms with Crippen LogP contribution in [0.1, 0.15) is 37.7 Å². The lowest BCUT2D eigenvalue weighted by Crippen LogP contribution is -2.40. The maximum atomic E-state index is 12.9. The summed E-state index contributed by atoms with van der Waals surface area (Å²) in [7, 11) is -3.49. The molecule has 0 aliphatic carbocycles. The number of carbonyl (C=O) groups excluding carboxylic acids is 1. The van der Waals surface area contributed by atoms with Gasteiger partial charge in [-0.3, -0.25) is 4.79 Å². The van der Waals surface area contributed by atoms with Crippen LogP contribution in [0.3, 0.4) is 0 Å². The number of nitrogens with zero attached hydrogens (tertiary/aromatic N) is 1. The van der Waals surface area contributed by atoms with Gasteiger partial charge in [-0.25, -0.2) is 8.42 Å². The van der Waals surface area contributed by atoms with E-state index in [4.69, 9.17) is 0 Å². The molecule has 1 aromatic carbocycles. The summed E-state index contributed by atoms with van der Waals surface area (Å²) in [5, 5.41) is 6.02. The van der Waals surface area contributed by atoms with Crippen LogP contribution in [0.5, 0.6) is 0 Å². The number of halogens is 1. The van der Waals surface area contributed by atoms with Gasteiger partial charge < -0.3 is 10.6 Å². The minimum absolute atomic E-state index is 0. The average molecular weight is 388 g/mol. The van der Waals surface area contributed by atoms with E-state index in [2.05, 4.69) is 10.6 Å². The number of piperidine rings is 1. The summed E-state index contributed by atoms with van der Waals surface area (Å²) in [5.74, 6) is -0.0577. The second kappa shape index (κ2) is 8.98. The molecule has 140 valence electrons. The fourth-order valence-electron chi connectivity index (χ4n) is 3.36. The van der Waals surface area contributed by atoms with Gasteiger partial charge in [0.15, 0.2) is 0 Å². The Morgan fingerprint density at radius 1 is 1.16 bits per heavy atom. The van der Waals surface area contributed by atoms with E-state index in [1.807, 2.05) is 6.07 Å². The highest BCUT2D eigenvalue weighted by molar-refractivity contribution is 7.89. The molecule has 0 spiro atoms. The van der Waals surface area contributed by atoms with Crippen LogP contribution < -0.4 is 10.6 Å². The van der Waals surface area contributed by atoms with Gasteiger partial charge in [-0.2, -0.15) is 4.31 Å². The van der Waals surface area contributed by atoms with Crippen molar-refractivity contribution in [3.8, 4) is 0 Å². The molecule has 0 saturated carbocycles. The van der Waals surface area contributed by atoms with Crippen LogP contribution in [0.25, 0.3) is 0 Å². The zero-order valence-corrected chi connectivity index (χ0v) is 15.9. The highest BCUT2D eigenvalue weighted by atomic mass is 35.5. The molecule has 2 aliphatic rings. The molecule has 1 aromatic rings. The highest BCUT2D eigenvalue weighted by Gasteiger charge is 2.28. The zero-order chi connectivity index (χ0) is 17.0. The third kappa shape index (κ3) is 4.73.